The van der Waals surface area contributed by atoms with Crippen LogP contribution in [0.1, 0.15) is 19.8 Å². The van der Waals surface area contributed by atoms with E-state index in [0.29, 0.717) is 25.3 Å². The smallest absolute Gasteiger partial charge is 0.261 e. The van der Waals surface area contributed by atoms with E-state index < -0.39 is 48.3 Å². The lowest BCUT2D eigenvalue weighted by atomic mass is 10.0. The molecule has 5 rings (SSSR count). The highest BCUT2D eigenvalue weighted by Gasteiger charge is 2.46. The topological polar surface area (TPSA) is 161 Å². The van der Waals surface area contributed by atoms with Gasteiger partial charge in [0.15, 0.2) is 6.61 Å². The van der Waals surface area contributed by atoms with Crippen LogP contribution in [0.15, 0.2) is 30.3 Å². The van der Waals surface area contributed by atoms with E-state index in [0.717, 1.165) is 0 Å². The lowest BCUT2D eigenvalue weighted by Crippen LogP contribution is -2.64. The number of ether oxygens (including phenoxy) is 2. The summed E-state index contributed by atoms with van der Waals surface area (Å²) in [6.45, 7) is 3.00. The first-order chi connectivity index (χ1) is 19.2. The average Bonchev–Trinajstić information content (AvgIpc) is 3.49. The van der Waals surface area contributed by atoms with Gasteiger partial charge in [-0.3, -0.25) is 24.1 Å². The highest BCUT2D eigenvalue weighted by molar-refractivity contribution is 5.90. The number of amides is 4. The van der Waals surface area contributed by atoms with E-state index in [2.05, 4.69) is 10.6 Å². The lowest BCUT2D eigenvalue weighted by molar-refractivity contribution is -0.151. The molecule has 1 aromatic rings. The fourth-order valence-corrected chi connectivity index (χ4v) is 6.03. The van der Waals surface area contributed by atoms with Crippen LogP contribution < -0.4 is 15.4 Å². The highest BCUT2D eigenvalue weighted by Crippen LogP contribution is 2.26. The standard InChI is InChI=1S/C27H37N5O8/c1-2-30-13-16-10-18(30)27(38)31-8-9-32(23(34)15-39-17-6-4-3-5-7-17)19(14-31)26(37)28-12-21-25(36)24(35)20(40-21)11-22(33)29-16/h3-7,16,18-21,24-25,35-36H,2,8-15H2,1H3,(H,28,37)(H,29,33)/t16-,18-,19-,20-,21+,24-,25+/m0/s1. The molecule has 4 aliphatic rings. The molecule has 13 nitrogen and oxygen atoms in total. The van der Waals surface area contributed by atoms with Crippen molar-refractivity contribution in [3.8, 4) is 5.75 Å². The maximum Gasteiger partial charge on any atom is 0.261 e. The fourth-order valence-electron chi connectivity index (χ4n) is 6.03. The molecule has 0 saturated carbocycles. The first kappa shape index (κ1) is 28.3. The zero-order valence-electron chi connectivity index (χ0n) is 22.5. The Balaban J connectivity index is 1.37. The van der Waals surface area contributed by atoms with E-state index >= 15 is 0 Å². The summed E-state index contributed by atoms with van der Waals surface area (Å²) < 4.78 is 11.4. The minimum absolute atomic E-state index is 0.00779. The van der Waals surface area contributed by atoms with Crippen molar-refractivity contribution >= 4 is 23.6 Å². The van der Waals surface area contributed by atoms with Crippen LogP contribution in [0.25, 0.3) is 0 Å². The minimum Gasteiger partial charge on any atom is -0.484 e. The number of nitrogens with one attached hydrogen (secondary N) is 2. The molecule has 4 fully saturated rings. The van der Waals surface area contributed by atoms with Gasteiger partial charge in [-0.25, -0.2) is 0 Å². The zero-order chi connectivity index (χ0) is 28.4. The Morgan fingerprint density at radius 3 is 2.55 bits per heavy atom. The van der Waals surface area contributed by atoms with E-state index in [9.17, 15) is 29.4 Å². The number of piperazine rings is 1. The minimum atomic E-state index is -1.30. The van der Waals surface area contributed by atoms with Crippen molar-refractivity contribution in [2.75, 3.05) is 45.9 Å². The second-order valence-electron chi connectivity index (χ2n) is 10.7. The molecule has 6 bridgehead atoms. The summed E-state index contributed by atoms with van der Waals surface area (Å²) in [5, 5.41) is 26.7. The Morgan fingerprint density at radius 1 is 1.05 bits per heavy atom. The van der Waals surface area contributed by atoms with Crippen LogP contribution in [0.2, 0.25) is 0 Å². The molecule has 13 heteroatoms. The number of carbonyl (C=O) groups excluding carboxylic acids is 4. The predicted octanol–water partition coefficient (Wildman–Crippen LogP) is -2.31. The van der Waals surface area contributed by atoms with Crippen molar-refractivity contribution in [3.63, 3.8) is 0 Å². The number of likely N-dealkylation sites (N-methyl/N-ethyl adjacent to an activating group) is 1. The summed E-state index contributed by atoms with van der Waals surface area (Å²) in [6.07, 6.45) is -4.25. The van der Waals surface area contributed by atoms with Gasteiger partial charge in [0, 0.05) is 32.2 Å². The van der Waals surface area contributed by atoms with Crippen LogP contribution in [-0.4, -0.2) is 137 Å². The summed E-state index contributed by atoms with van der Waals surface area (Å²) in [5.74, 6) is -0.870. The summed E-state index contributed by atoms with van der Waals surface area (Å²) in [6, 6.07) is 7.14. The Kier molecular flexibility index (Phi) is 8.54. The van der Waals surface area contributed by atoms with Crippen molar-refractivity contribution in [2.45, 2.75) is 62.3 Å². The number of para-hydroxylation sites is 1. The Bertz CT molecular complexity index is 1110. The van der Waals surface area contributed by atoms with E-state index in [4.69, 9.17) is 9.47 Å². The maximum atomic E-state index is 13.7. The normalized spacial score (nSPS) is 33.5. The summed E-state index contributed by atoms with van der Waals surface area (Å²) in [4.78, 5) is 58.1. The third-order valence-electron chi connectivity index (χ3n) is 8.21. The number of likely N-dealkylation sites (tertiary alicyclic amines) is 1. The molecule has 4 aliphatic heterocycles. The number of hydrogen-bond acceptors (Lipinski definition) is 9. The van der Waals surface area contributed by atoms with Crippen LogP contribution in [0.3, 0.4) is 0 Å². The number of hydrogen-bond donors (Lipinski definition) is 4. The summed E-state index contributed by atoms with van der Waals surface area (Å²) >= 11 is 0. The summed E-state index contributed by atoms with van der Waals surface area (Å²) in [5.41, 5.74) is 0. The first-order valence-electron chi connectivity index (χ1n) is 13.8. The quantitative estimate of drug-likeness (QED) is 0.318. The number of carbonyl (C=O) groups is 4. The molecular weight excluding hydrogens is 522 g/mol. The van der Waals surface area contributed by atoms with Crippen LogP contribution >= 0.6 is 0 Å². The van der Waals surface area contributed by atoms with E-state index in [1.54, 1.807) is 29.2 Å². The van der Waals surface area contributed by atoms with Crippen molar-refractivity contribution in [1.29, 1.82) is 0 Å². The predicted molar refractivity (Wildman–Crippen MR) is 140 cm³/mol. The van der Waals surface area contributed by atoms with Crippen molar-refractivity contribution < 1.29 is 38.9 Å². The van der Waals surface area contributed by atoms with Crippen molar-refractivity contribution in [3.05, 3.63) is 30.3 Å². The number of aliphatic hydroxyl groups excluding tert-OH is 2. The molecule has 4 N–H and O–H groups in total. The van der Waals surface area contributed by atoms with E-state index in [1.807, 2.05) is 17.9 Å². The van der Waals surface area contributed by atoms with Gasteiger partial charge in [-0.2, -0.15) is 0 Å². The van der Waals surface area contributed by atoms with Crippen LogP contribution in [0.5, 0.6) is 5.75 Å². The molecule has 4 heterocycles. The van der Waals surface area contributed by atoms with E-state index in [1.165, 1.54) is 4.90 Å². The molecule has 40 heavy (non-hydrogen) atoms. The second-order valence-corrected chi connectivity index (χ2v) is 10.7. The largest absolute Gasteiger partial charge is 0.484 e. The zero-order valence-corrected chi connectivity index (χ0v) is 22.5. The van der Waals surface area contributed by atoms with Gasteiger partial charge in [0.1, 0.15) is 30.1 Å². The molecule has 0 spiro atoms. The average molecular weight is 560 g/mol. The highest BCUT2D eigenvalue weighted by atomic mass is 16.5. The second kappa shape index (κ2) is 12.1. The Hall–Kier alpha value is -3.26. The SMILES string of the molecule is CCN1C[C@@H]2C[C@H]1C(=O)N1CCN(C(=O)COc3ccccc3)[C@@H](C1)C(=O)NC[C@H]1O[C@@H](CC(=O)N2)[C@H](O)[C@@H]1O. The lowest BCUT2D eigenvalue weighted by Gasteiger charge is -2.42. The van der Waals surface area contributed by atoms with Crippen LogP contribution in [-0.2, 0) is 23.9 Å². The third kappa shape index (κ3) is 5.92. The third-order valence-corrected chi connectivity index (χ3v) is 8.21. The number of rotatable bonds is 4. The Labute approximate surface area is 232 Å². The molecule has 218 valence electrons. The van der Waals surface area contributed by atoms with Gasteiger partial charge in [0.25, 0.3) is 5.91 Å². The molecule has 0 unspecified atom stereocenters. The number of fused-ring (bicyclic) bond motifs is 6. The molecule has 0 radical (unpaired) electrons. The molecule has 4 amide bonds. The molecule has 4 saturated heterocycles. The van der Waals surface area contributed by atoms with Crippen molar-refractivity contribution in [1.82, 2.24) is 25.3 Å². The van der Waals surface area contributed by atoms with Gasteiger partial charge in [-0.05, 0) is 25.1 Å². The van der Waals surface area contributed by atoms with Gasteiger partial charge in [-0.15, -0.1) is 0 Å². The molecular formula is C27H37N5O8. The molecule has 0 aromatic heterocycles. The van der Waals surface area contributed by atoms with Gasteiger partial charge in [0.2, 0.25) is 17.7 Å². The maximum absolute atomic E-state index is 13.7. The fraction of sp³-hybridized carbons (Fsp3) is 0.630. The van der Waals surface area contributed by atoms with Crippen molar-refractivity contribution in [2.24, 2.45) is 0 Å². The monoisotopic (exact) mass is 559 g/mol. The van der Waals surface area contributed by atoms with Crippen LogP contribution in [0.4, 0.5) is 0 Å². The van der Waals surface area contributed by atoms with Gasteiger partial charge >= 0.3 is 0 Å². The number of aliphatic hydroxyl groups is 2. The van der Waals surface area contributed by atoms with Gasteiger partial charge < -0.3 is 40.1 Å². The van der Waals surface area contributed by atoms with E-state index in [-0.39, 0.29) is 57.1 Å². The Morgan fingerprint density at radius 2 is 1.80 bits per heavy atom. The van der Waals surface area contributed by atoms with Gasteiger partial charge in [-0.1, -0.05) is 25.1 Å². The number of benzene rings is 1. The summed E-state index contributed by atoms with van der Waals surface area (Å²) in [7, 11) is 0. The number of nitrogens with zero attached hydrogens (tertiary/aromatic N) is 3. The van der Waals surface area contributed by atoms with Crippen LogP contribution in [0, 0.1) is 0 Å². The molecule has 7 atom stereocenters. The van der Waals surface area contributed by atoms with Gasteiger partial charge in [0.05, 0.1) is 25.1 Å². The first-order valence-corrected chi connectivity index (χ1v) is 13.8. The molecule has 0 aliphatic carbocycles. The molecule has 1 aromatic carbocycles.